The molecule has 0 atom stereocenters. The summed E-state index contributed by atoms with van der Waals surface area (Å²) >= 11 is 0. The lowest BCUT2D eigenvalue weighted by atomic mass is 10.1. The molecule has 0 spiro atoms. The molecule has 0 radical (unpaired) electrons. The van der Waals surface area contributed by atoms with E-state index in [2.05, 4.69) is 6.08 Å². The second kappa shape index (κ2) is 4.88. The maximum Gasteiger partial charge on any atom is 0.119 e. The molecule has 1 aliphatic rings. The van der Waals surface area contributed by atoms with E-state index in [1.54, 1.807) is 19.3 Å². The molecule has 0 aromatic rings. The number of ether oxygens (including phenoxy) is 1. The Morgan fingerprint density at radius 3 is 2.83 bits per heavy atom. The first-order valence-corrected chi connectivity index (χ1v) is 4.04. The van der Waals surface area contributed by atoms with Crippen molar-refractivity contribution in [1.29, 1.82) is 0 Å². The third kappa shape index (κ3) is 3.01. The van der Waals surface area contributed by atoms with Gasteiger partial charge in [-0.1, -0.05) is 12.2 Å². The van der Waals surface area contributed by atoms with Crippen LogP contribution < -0.4 is 0 Å². The van der Waals surface area contributed by atoms with Gasteiger partial charge in [-0.15, -0.1) is 0 Å². The van der Waals surface area contributed by atoms with Crippen LogP contribution >= 0.6 is 0 Å². The molecule has 0 saturated carbocycles. The lowest BCUT2D eigenvalue weighted by Crippen LogP contribution is -1.92. The van der Waals surface area contributed by atoms with Crippen LogP contribution in [0.25, 0.3) is 0 Å². The second-order valence-electron chi connectivity index (χ2n) is 2.71. The summed E-state index contributed by atoms with van der Waals surface area (Å²) in [5.74, 6) is -0.156. The lowest BCUT2D eigenvalue weighted by molar-refractivity contribution is 0.228. The highest BCUT2D eigenvalue weighted by atomic mass is 19.1. The summed E-state index contributed by atoms with van der Waals surface area (Å²) in [6.45, 7) is 0.559. The number of hydrogen-bond acceptors (Lipinski definition) is 1. The van der Waals surface area contributed by atoms with E-state index >= 15 is 0 Å². The minimum absolute atomic E-state index is 0.156. The van der Waals surface area contributed by atoms with E-state index in [9.17, 15) is 4.39 Å². The smallest absolute Gasteiger partial charge is 0.119 e. The summed E-state index contributed by atoms with van der Waals surface area (Å²) < 4.78 is 17.7. The van der Waals surface area contributed by atoms with E-state index in [4.69, 9.17) is 4.74 Å². The largest absolute Gasteiger partial charge is 0.380 e. The van der Waals surface area contributed by atoms with Crippen molar-refractivity contribution in [2.24, 2.45) is 0 Å². The molecule has 2 heteroatoms. The SMILES string of the molecule is COCC1=C/CCC=C(F)/C=C\1. The molecule has 1 aliphatic carbocycles. The first-order chi connectivity index (χ1) is 5.83. The van der Waals surface area contributed by atoms with Gasteiger partial charge in [0.1, 0.15) is 5.83 Å². The molecule has 0 aromatic carbocycles. The van der Waals surface area contributed by atoms with Gasteiger partial charge in [0.25, 0.3) is 0 Å². The average Bonchev–Trinajstić information content (AvgIpc) is 2.04. The van der Waals surface area contributed by atoms with Crippen molar-refractivity contribution in [1.82, 2.24) is 0 Å². The predicted octanol–water partition coefficient (Wildman–Crippen LogP) is 2.76. The van der Waals surface area contributed by atoms with E-state index < -0.39 is 0 Å². The van der Waals surface area contributed by atoms with E-state index in [-0.39, 0.29) is 5.83 Å². The predicted molar refractivity (Wildman–Crippen MR) is 47.5 cm³/mol. The van der Waals surface area contributed by atoms with Crippen LogP contribution in [-0.2, 0) is 4.74 Å². The third-order valence-corrected chi connectivity index (χ3v) is 1.68. The van der Waals surface area contributed by atoms with E-state index in [0.717, 1.165) is 18.4 Å². The van der Waals surface area contributed by atoms with Crippen LogP contribution in [0.5, 0.6) is 0 Å². The van der Waals surface area contributed by atoms with Crippen molar-refractivity contribution in [2.75, 3.05) is 13.7 Å². The Kier molecular flexibility index (Phi) is 3.74. The zero-order chi connectivity index (χ0) is 8.81. The van der Waals surface area contributed by atoms with Crippen LogP contribution in [0.2, 0.25) is 0 Å². The normalized spacial score (nSPS) is 24.8. The van der Waals surface area contributed by atoms with Crippen LogP contribution in [0.15, 0.2) is 35.7 Å². The van der Waals surface area contributed by atoms with E-state index in [1.807, 2.05) is 0 Å². The molecule has 0 N–H and O–H groups in total. The number of halogens is 1. The summed E-state index contributed by atoms with van der Waals surface area (Å²) in [5, 5.41) is 0. The van der Waals surface area contributed by atoms with Gasteiger partial charge in [-0.3, -0.25) is 0 Å². The minimum Gasteiger partial charge on any atom is -0.380 e. The Morgan fingerprint density at radius 2 is 2.08 bits per heavy atom. The topological polar surface area (TPSA) is 9.23 Å². The van der Waals surface area contributed by atoms with Crippen LogP contribution in [0.3, 0.4) is 0 Å². The highest BCUT2D eigenvalue weighted by molar-refractivity contribution is 5.27. The summed E-state index contributed by atoms with van der Waals surface area (Å²) in [5.41, 5.74) is 1.04. The van der Waals surface area contributed by atoms with Gasteiger partial charge in [0, 0.05) is 7.11 Å². The molecule has 1 rings (SSSR count). The maximum absolute atomic E-state index is 12.7. The fourth-order valence-electron chi connectivity index (χ4n) is 1.09. The zero-order valence-electron chi connectivity index (χ0n) is 7.22. The first-order valence-electron chi connectivity index (χ1n) is 4.04. The minimum atomic E-state index is -0.156. The lowest BCUT2D eigenvalue weighted by Gasteiger charge is -2.02. The number of rotatable bonds is 2. The van der Waals surface area contributed by atoms with Crippen molar-refractivity contribution >= 4 is 0 Å². The van der Waals surface area contributed by atoms with E-state index in [1.165, 1.54) is 6.08 Å². The molecular formula is C10H13FO. The summed E-state index contributed by atoms with van der Waals surface area (Å²) in [4.78, 5) is 0. The fourth-order valence-corrected chi connectivity index (χ4v) is 1.09. The van der Waals surface area contributed by atoms with Gasteiger partial charge < -0.3 is 4.74 Å². The van der Waals surface area contributed by atoms with Gasteiger partial charge >= 0.3 is 0 Å². The fraction of sp³-hybridized carbons (Fsp3) is 0.400. The molecule has 66 valence electrons. The Balaban J connectivity index is 2.63. The molecule has 0 aromatic heterocycles. The standard InChI is InChI=1S/C10H13FO/c1-12-8-9-4-2-3-5-10(11)7-6-9/h4-7H,2-3,8H2,1H3/b7-6-,9-4+,10-5?. The summed E-state index contributed by atoms with van der Waals surface area (Å²) in [6.07, 6.45) is 8.55. The molecular weight excluding hydrogens is 155 g/mol. The van der Waals surface area contributed by atoms with Crippen molar-refractivity contribution in [3.05, 3.63) is 35.7 Å². The quantitative estimate of drug-likeness (QED) is 0.616. The number of allylic oxidation sites excluding steroid dienone is 4. The molecule has 0 unspecified atom stereocenters. The molecule has 0 heterocycles. The van der Waals surface area contributed by atoms with Gasteiger partial charge in [-0.05, 0) is 30.6 Å². The second-order valence-corrected chi connectivity index (χ2v) is 2.71. The summed E-state index contributed by atoms with van der Waals surface area (Å²) in [7, 11) is 1.64. The van der Waals surface area contributed by atoms with Gasteiger partial charge in [0.05, 0.1) is 6.61 Å². The summed E-state index contributed by atoms with van der Waals surface area (Å²) in [6, 6.07) is 0. The van der Waals surface area contributed by atoms with Crippen molar-refractivity contribution in [3.8, 4) is 0 Å². The highest BCUT2D eigenvalue weighted by Gasteiger charge is 1.96. The zero-order valence-corrected chi connectivity index (χ0v) is 7.22. The Bertz CT molecular complexity index is 226. The van der Waals surface area contributed by atoms with Gasteiger partial charge in [-0.25, -0.2) is 4.39 Å². The number of hydrogen-bond donors (Lipinski definition) is 0. The molecule has 0 aliphatic heterocycles. The molecule has 12 heavy (non-hydrogen) atoms. The molecule has 0 saturated heterocycles. The number of methoxy groups -OCH3 is 1. The maximum atomic E-state index is 12.7. The van der Waals surface area contributed by atoms with Crippen molar-refractivity contribution in [3.63, 3.8) is 0 Å². The third-order valence-electron chi connectivity index (χ3n) is 1.68. The van der Waals surface area contributed by atoms with Crippen molar-refractivity contribution < 1.29 is 9.13 Å². The van der Waals surface area contributed by atoms with Crippen LogP contribution in [-0.4, -0.2) is 13.7 Å². The van der Waals surface area contributed by atoms with Crippen molar-refractivity contribution in [2.45, 2.75) is 12.8 Å². The molecule has 0 amide bonds. The first kappa shape index (κ1) is 9.20. The average molecular weight is 168 g/mol. The van der Waals surface area contributed by atoms with E-state index in [0.29, 0.717) is 6.61 Å². The van der Waals surface area contributed by atoms with Crippen LogP contribution in [0, 0.1) is 0 Å². The van der Waals surface area contributed by atoms with Crippen LogP contribution in [0.4, 0.5) is 4.39 Å². The highest BCUT2D eigenvalue weighted by Crippen LogP contribution is 2.11. The van der Waals surface area contributed by atoms with Gasteiger partial charge in [-0.2, -0.15) is 0 Å². The molecule has 0 bridgehead atoms. The molecule has 1 nitrogen and oxygen atoms in total. The monoisotopic (exact) mass is 168 g/mol. The Hall–Kier alpha value is -0.890. The Labute approximate surface area is 72.2 Å². The molecule has 0 fully saturated rings. The van der Waals surface area contributed by atoms with Gasteiger partial charge in [0.2, 0.25) is 0 Å². The Morgan fingerprint density at radius 1 is 1.33 bits per heavy atom. The van der Waals surface area contributed by atoms with Gasteiger partial charge in [0.15, 0.2) is 0 Å². The van der Waals surface area contributed by atoms with Crippen LogP contribution in [0.1, 0.15) is 12.8 Å².